The van der Waals surface area contributed by atoms with Crippen LogP contribution in [-0.4, -0.2) is 44.3 Å². The Morgan fingerprint density at radius 1 is 1.26 bits per heavy atom. The van der Waals surface area contributed by atoms with Gasteiger partial charge in [0.1, 0.15) is 18.0 Å². The number of anilines is 2. The molecule has 27 heavy (non-hydrogen) atoms. The van der Waals surface area contributed by atoms with Gasteiger partial charge in [0.25, 0.3) is 5.56 Å². The van der Waals surface area contributed by atoms with Crippen LogP contribution in [-0.2, 0) is 4.79 Å². The Labute approximate surface area is 161 Å². The SMILES string of the molecule is Cc1cc(=O)n2c(n1)SCC2CC(=O)Nc1cc(N2CCCCC2)ncn1. The molecule has 2 aromatic rings. The maximum atomic E-state index is 12.5. The summed E-state index contributed by atoms with van der Waals surface area (Å²) < 4.78 is 1.62. The first-order chi connectivity index (χ1) is 13.1. The summed E-state index contributed by atoms with van der Waals surface area (Å²) in [5, 5.41) is 3.54. The summed E-state index contributed by atoms with van der Waals surface area (Å²) in [6.45, 7) is 3.77. The third-order valence-electron chi connectivity index (χ3n) is 4.84. The smallest absolute Gasteiger partial charge is 0.254 e. The van der Waals surface area contributed by atoms with Crippen LogP contribution in [0.25, 0.3) is 0 Å². The lowest BCUT2D eigenvalue weighted by molar-refractivity contribution is -0.116. The van der Waals surface area contributed by atoms with Crippen molar-refractivity contribution in [2.24, 2.45) is 0 Å². The highest BCUT2D eigenvalue weighted by Crippen LogP contribution is 2.32. The van der Waals surface area contributed by atoms with Gasteiger partial charge in [0.2, 0.25) is 5.91 Å². The van der Waals surface area contributed by atoms with E-state index in [1.165, 1.54) is 30.6 Å². The van der Waals surface area contributed by atoms with Crippen LogP contribution in [0.1, 0.15) is 37.4 Å². The second kappa shape index (κ2) is 7.67. The first kappa shape index (κ1) is 18.0. The van der Waals surface area contributed by atoms with E-state index in [4.69, 9.17) is 0 Å². The van der Waals surface area contributed by atoms with Crippen molar-refractivity contribution in [3.8, 4) is 0 Å². The van der Waals surface area contributed by atoms with Crippen LogP contribution in [0.2, 0.25) is 0 Å². The van der Waals surface area contributed by atoms with Crippen LogP contribution >= 0.6 is 11.8 Å². The van der Waals surface area contributed by atoms with Crippen molar-refractivity contribution in [2.75, 3.05) is 29.1 Å². The van der Waals surface area contributed by atoms with Gasteiger partial charge in [-0.3, -0.25) is 14.2 Å². The standard InChI is InChI=1S/C18H22N6O2S/c1-12-7-17(26)24-13(10-27-18(24)21-12)8-16(25)22-14-9-15(20-11-19-14)23-5-3-2-4-6-23/h7,9,11,13H,2-6,8,10H2,1H3,(H,19,20,22,25). The second-order valence-electron chi connectivity index (χ2n) is 6.91. The van der Waals surface area contributed by atoms with Gasteiger partial charge in [-0.05, 0) is 26.2 Å². The Balaban J connectivity index is 1.43. The van der Waals surface area contributed by atoms with Crippen molar-refractivity contribution >= 4 is 29.3 Å². The monoisotopic (exact) mass is 386 g/mol. The van der Waals surface area contributed by atoms with Gasteiger partial charge >= 0.3 is 0 Å². The summed E-state index contributed by atoms with van der Waals surface area (Å²) >= 11 is 1.51. The predicted molar refractivity (Wildman–Crippen MR) is 104 cm³/mol. The Hall–Kier alpha value is -2.42. The molecule has 0 radical (unpaired) electrons. The molecule has 1 N–H and O–H groups in total. The Bertz CT molecular complexity index is 909. The molecule has 2 aliphatic rings. The van der Waals surface area contributed by atoms with Crippen molar-refractivity contribution < 1.29 is 4.79 Å². The van der Waals surface area contributed by atoms with Gasteiger partial charge in [0.05, 0.1) is 6.04 Å². The average Bonchev–Trinajstić information content (AvgIpc) is 3.05. The fourth-order valence-corrected chi connectivity index (χ4v) is 4.73. The molecule has 1 amide bonds. The molecule has 2 aliphatic heterocycles. The first-order valence-corrected chi connectivity index (χ1v) is 10.2. The molecule has 1 unspecified atom stereocenters. The zero-order valence-electron chi connectivity index (χ0n) is 15.2. The summed E-state index contributed by atoms with van der Waals surface area (Å²) in [5.74, 6) is 1.85. The molecule has 0 spiro atoms. The topological polar surface area (TPSA) is 93.0 Å². The molecule has 0 saturated carbocycles. The number of piperidine rings is 1. The van der Waals surface area contributed by atoms with Crippen LogP contribution < -0.4 is 15.8 Å². The van der Waals surface area contributed by atoms with E-state index in [1.807, 2.05) is 6.07 Å². The molecule has 8 nitrogen and oxygen atoms in total. The highest BCUT2D eigenvalue weighted by Gasteiger charge is 2.27. The number of thioether (sulfide) groups is 1. The normalized spacial score (nSPS) is 19.0. The van der Waals surface area contributed by atoms with Crippen molar-refractivity contribution in [3.05, 3.63) is 34.5 Å². The molecule has 1 saturated heterocycles. The third-order valence-corrected chi connectivity index (χ3v) is 5.94. The van der Waals surface area contributed by atoms with Crippen LogP contribution in [0.3, 0.4) is 0 Å². The number of rotatable bonds is 4. The fourth-order valence-electron chi connectivity index (χ4n) is 3.53. The number of nitrogens with one attached hydrogen (secondary N) is 1. The summed E-state index contributed by atoms with van der Waals surface area (Å²) in [6, 6.07) is 3.14. The van der Waals surface area contributed by atoms with Crippen LogP contribution in [0.4, 0.5) is 11.6 Å². The molecule has 2 aromatic heterocycles. The number of aromatic nitrogens is 4. The van der Waals surface area contributed by atoms with E-state index in [0.29, 0.717) is 22.4 Å². The van der Waals surface area contributed by atoms with Gasteiger partial charge in [-0.25, -0.2) is 15.0 Å². The maximum Gasteiger partial charge on any atom is 0.254 e. The molecular weight excluding hydrogens is 364 g/mol. The molecule has 0 bridgehead atoms. The lowest BCUT2D eigenvalue weighted by atomic mass is 10.1. The van der Waals surface area contributed by atoms with E-state index < -0.39 is 0 Å². The zero-order valence-corrected chi connectivity index (χ0v) is 16.0. The Morgan fingerprint density at radius 2 is 2.07 bits per heavy atom. The van der Waals surface area contributed by atoms with E-state index >= 15 is 0 Å². The van der Waals surface area contributed by atoms with E-state index in [0.717, 1.165) is 31.7 Å². The number of fused-ring (bicyclic) bond motifs is 1. The summed E-state index contributed by atoms with van der Waals surface area (Å²) in [4.78, 5) is 39.9. The fraction of sp³-hybridized carbons (Fsp3) is 0.500. The highest BCUT2D eigenvalue weighted by atomic mass is 32.2. The van der Waals surface area contributed by atoms with Crippen LogP contribution in [0.5, 0.6) is 0 Å². The Morgan fingerprint density at radius 3 is 2.89 bits per heavy atom. The lowest BCUT2D eigenvalue weighted by Gasteiger charge is -2.27. The number of hydrogen-bond donors (Lipinski definition) is 1. The largest absolute Gasteiger partial charge is 0.356 e. The number of hydrogen-bond acceptors (Lipinski definition) is 7. The van der Waals surface area contributed by atoms with Crippen molar-refractivity contribution in [1.29, 1.82) is 0 Å². The van der Waals surface area contributed by atoms with Crippen LogP contribution in [0.15, 0.2) is 28.4 Å². The molecule has 142 valence electrons. The van der Waals surface area contributed by atoms with E-state index in [9.17, 15) is 9.59 Å². The van der Waals surface area contributed by atoms with Gasteiger partial charge in [-0.1, -0.05) is 11.8 Å². The predicted octanol–water partition coefficient (Wildman–Crippen LogP) is 2.01. The molecule has 4 heterocycles. The van der Waals surface area contributed by atoms with Gasteiger partial charge in [0.15, 0.2) is 5.16 Å². The van der Waals surface area contributed by atoms with Crippen molar-refractivity contribution in [1.82, 2.24) is 19.5 Å². The lowest BCUT2D eigenvalue weighted by Crippen LogP contribution is -2.30. The number of nitrogens with zero attached hydrogens (tertiary/aromatic N) is 5. The molecule has 1 atom stereocenters. The number of carbonyl (C=O) groups excluding carboxylic acids is 1. The van der Waals surface area contributed by atoms with Gasteiger partial charge < -0.3 is 10.2 Å². The van der Waals surface area contributed by atoms with Crippen LogP contribution in [0, 0.1) is 6.92 Å². The minimum absolute atomic E-state index is 0.102. The summed E-state index contributed by atoms with van der Waals surface area (Å²) in [6.07, 6.45) is 5.27. The molecule has 0 aromatic carbocycles. The molecule has 0 aliphatic carbocycles. The van der Waals surface area contributed by atoms with E-state index in [2.05, 4.69) is 25.2 Å². The van der Waals surface area contributed by atoms with Crippen molar-refractivity contribution in [3.63, 3.8) is 0 Å². The number of carbonyl (C=O) groups is 1. The van der Waals surface area contributed by atoms with Gasteiger partial charge in [0, 0.05) is 43.1 Å². The minimum Gasteiger partial charge on any atom is -0.356 e. The maximum absolute atomic E-state index is 12.5. The van der Waals surface area contributed by atoms with Gasteiger partial charge in [-0.15, -0.1) is 0 Å². The molecule has 4 rings (SSSR count). The highest BCUT2D eigenvalue weighted by molar-refractivity contribution is 7.99. The molecule has 9 heteroatoms. The summed E-state index contributed by atoms with van der Waals surface area (Å²) in [5.41, 5.74) is 0.602. The number of amides is 1. The number of aryl methyl sites for hydroxylation is 1. The van der Waals surface area contributed by atoms with Crippen molar-refractivity contribution in [2.45, 2.75) is 43.8 Å². The third kappa shape index (κ3) is 3.97. The average molecular weight is 386 g/mol. The van der Waals surface area contributed by atoms with Gasteiger partial charge in [-0.2, -0.15) is 0 Å². The first-order valence-electron chi connectivity index (χ1n) is 9.20. The second-order valence-corrected chi connectivity index (χ2v) is 7.90. The minimum atomic E-state index is -0.186. The van der Waals surface area contributed by atoms with E-state index in [1.54, 1.807) is 11.5 Å². The summed E-state index contributed by atoms with van der Waals surface area (Å²) in [7, 11) is 0. The molecular formula is C18H22N6O2S. The quantitative estimate of drug-likeness (QED) is 0.804. The zero-order chi connectivity index (χ0) is 18.8. The van der Waals surface area contributed by atoms with E-state index in [-0.39, 0.29) is 23.9 Å². The Kier molecular flexibility index (Phi) is 5.11. The molecule has 1 fully saturated rings.